The van der Waals surface area contributed by atoms with E-state index in [1.165, 1.54) is 0 Å². The number of carbonyl (C=O) groups is 4. The van der Waals surface area contributed by atoms with Gasteiger partial charge < -0.3 is 26.4 Å². The van der Waals surface area contributed by atoms with Crippen LogP contribution < -0.4 is 21.3 Å². The molecule has 1 aliphatic carbocycles. The highest BCUT2D eigenvalue weighted by Gasteiger charge is 2.45. The molecule has 5 N–H and O–H groups in total. The molecule has 44 heavy (non-hydrogen) atoms. The number of aliphatic hydroxyl groups is 1. The van der Waals surface area contributed by atoms with Crippen LogP contribution in [-0.2, 0) is 16.0 Å². The summed E-state index contributed by atoms with van der Waals surface area (Å²) >= 11 is 0. The van der Waals surface area contributed by atoms with Crippen LogP contribution >= 0.6 is 0 Å². The number of hydrogen-bond acceptors (Lipinski definition) is 9. The molecule has 3 aliphatic rings. The number of carbonyl (C=O) groups excluding carboxylic acids is 4. The van der Waals surface area contributed by atoms with E-state index in [0.717, 1.165) is 54.2 Å². The summed E-state index contributed by atoms with van der Waals surface area (Å²) in [7, 11) is 0. The zero-order valence-electron chi connectivity index (χ0n) is 24.7. The Morgan fingerprint density at radius 2 is 1.95 bits per heavy atom. The third-order valence-electron chi connectivity index (χ3n) is 8.58. The van der Waals surface area contributed by atoms with Crippen LogP contribution in [0, 0.1) is 0 Å². The van der Waals surface area contributed by atoms with E-state index in [1.54, 1.807) is 24.4 Å². The van der Waals surface area contributed by atoms with Gasteiger partial charge in [0.25, 0.3) is 11.8 Å². The van der Waals surface area contributed by atoms with Gasteiger partial charge in [-0.15, -0.1) is 0 Å². The lowest BCUT2D eigenvalue weighted by molar-refractivity contribution is -0.129. The van der Waals surface area contributed by atoms with Crippen LogP contribution in [0.25, 0.3) is 5.65 Å². The molecule has 3 unspecified atom stereocenters. The highest BCUT2D eigenvalue weighted by atomic mass is 16.3. The van der Waals surface area contributed by atoms with Gasteiger partial charge in [-0.25, -0.2) is 4.98 Å². The van der Waals surface area contributed by atoms with Crippen LogP contribution in [0.3, 0.4) is 0 Å². The number of amides is 4. The quantitative estimate of drug-likeness (QED) is 0.163. The number of aromatic nitrogens is 3. The number of nitrogens with one attached hydrogen (secondary N) is 4. The smallest absolute Gasteiger partial charge is 0.264 e. The number of rotatable bonds is 11. The van der Waals surface area contributed by atoms with E-state index in [1.807, 2.05) is 10.6 Å². The molecule has 2 aliphatic heterocycles. The van der Waals surface area contributed by atoms with Crippen molar-refractivity contribution in [1.82, 2.24) is 30.1 Å². The molecule has 2 fully saturated rings. The Hall–Kier alpha value is -4.52. The van der Waals surface area contributed by atoms with Crippen molar-refractivity contribution in [2.45, 2.75) is 89.1 Å². The minimum atomic E-state index is -1.30. The van der Waals surface area contributed by atoms with Gasteiger partial charge in [0, 0.05) is 55.0 Å². The molecule has 2 aromatic heterocycles. The summed E-state index contributed by atoms with van der Waals surface area (Å²) in [6.45, 7) is 2.57. The van der Waals surface area contributed by atoms with Gasteiger partial charge in [0.05, 0.1) is 23.4 Å². The van der Waals surface area contributed by atoms with Crippen molar-refractivity contribution in [3.05, 3.63) is 53.3 Å². The minimum Gasteiger partial charge on any atom is -0.384 e. The molecule has 13 heteroatoms. The summed E-state index contributed by atoms with van der Waals surface area (Å²) in [5.41, 5.74) is 2.87. The van der Waals surface area contributed by atoms with Crippen LogP contribution in [0.5, 0.6) is 0 Å². The first-order chi connectivity index (χ1) is 21.3. The summed E-state index contributed by atoms with van der Waals surface area (Å²) in [5.74, 6) is -0.411. The summed E-state index contributed by atoms with van der Waals surface area (Å²) in [6.07, 6.45) is 6.19. The minimum absolute atomic E-state index is 0.0230. The predicted molar refractivity (Wildman–Crippen MR) is 162 cm³/mol. The predicted octanol–water partition coefficient (Wildman–Crippen LogP) is 2.22. The van der Waals surface area contributed by atoms with Crippen molar-refractivity contribution in [2.24, 2.45) is 0 Å². The van der Waals surface area contributed by atoms with Gasteiger partial charge in [0.1, 0.15) is 12.0 Å². The molecule has 0 radical (unpaired) electrons. The number of hydrogen-bond donors (Lipinski definition) is 5. The zero-order valence-corrected chi connectivity index (χ0v) is 24.7. The van der Waals surface area contributed by atoms with Gasteiger partial charge in [-0.3, -0.25) is 24.1 Å². The molecule has 6 rings (SSSR count). The number of fused-ring (bicyclic) bond motifs is 2. The number of nitrogens with zero attached hydrogens (tertiary/aromatic N) is 4. The Morgan fingerprint density at radius 1 is 1.11 bits per heavy atom. The topological polar surface area (TPSA) is 170 Å². The van der Waals surface area contributed by atoms with Crippen molar-refractivity contribution < 1.29 is 24.3 Å². The van der Waals surface area contributed by atoms with Crippen molar-refractivity contribution in [2.75, 3.05) is 17.2 Å². The average Bonchev–Trinajstić information content (AvgIpc) is 3.71. The number of piperidine rings is 1. The van der Waals surface area contributed by atoms with Crippen LogP contribution in [0.2, 0.25) is 0 Å². The van der Waals surface area contributed by atoms with Gasteiger partial charge in [0.15, 0.2) is 5.65 Å². The largest absolute Gasteiger partial charge is 0.384 e. The van der Waals surface area contributed by atoms with Crippen LogP contribution in [0.1, 0.15) is 84.7 Å². The molecular weight excluding hydrogens is 564 g/mol. The molecule has 0 spiro atoms. The Morgan fingerprint density at radius 3 is 2.77 bits per heavy atom. The lowest BCUT2D eigenvalue weighted by atomic mass is 10.0. The maximum absolute atomic E-state index is 13.3. The first-order valence-corrected chi connectivity index (χ1v) is 15.4. The summed E-state index contributed by atoms with van der Waals surface area (Å²) in [6, 6.07) is 8.45. The highest BCUT2D eigenvalue weighted by Crippen LogP contribution is 2.33. The van der Waals surface area contributed by atoms with Crippen molar-refractivity contribution in [3.63, 3.8) is 0 Å². The van der Waals surface area contributed by atoms with E-state index >= 15 is 0 Å². The van der Waals surface area contributed by atoms with Gasteiger partial charge in [-0.2, -0.15) is 9.61 Å². The third kappa shape index (κ3) is 5.96. The van der Waals surface area contributed by atoms with Crippen LogP contribution in [-0.4, -0.2) is 79.1 Å². The van der Waals surface area contributed by atoms with Crippen LogP contribution in [0.15, 0.2) is 36.5 Å². The highest BCUT2D eigenvalue weighted by molar-refractivity contribution is 6.24. The molecule has 1 saturated carbocycles. The molecule has 13 nitrogen and oxygen atoms in total. The monoisotopic (exact) mass is 602 g/mol. The molecule has 4 atom stereocenters. The lowest BCUT2D eigenvalue weighted by Crippen LogP contribution is -2.57. The Balaban J connectivity index is 0.979. The Bertz CT molecular complexity index is 1590. The number of anilines is 2. The molecule has 1 saturated heterocycles. The fourth-order valence-corrected chi connectivity index (χ4v) is 6.47. The van der Waals surface area contributed by atoms with Gasteiger partial charge in [0.2, 0.25) is 11.8 Å². The van der Waals surface area contributed by atoms with Gasteiger partial charge in [-0.1, -0.05) is 19.4 Å². The molecule has 4 amide bonds. The van der Waals surface area contributed by atoms with Crippen molar-refractivity contribution in [1.29, 1.82) is 0 Å². The standard InChI is InChI=1S/C31H38N8O5/c1-2-5-18-17-25(39-24(34-18)13-15-33-39)35-19-9-10-20(16-19)36-26(40)8-4-14-32-22-7-3-6-21-28(22)31(44)38(30(21)43)23-11-12-27(41)37-29(23)42/h3,6-7,13,15,17,19-20,23,29,32,35,42H,2,4-5,8-12,14,16H2,1H3,(H,36,40)(H,37,41)/t19-,20?,23?,29?/m1/s1. The Labute approximate surface area is 254 Å². The molecular formula is C31H38N8O5. The number of benzene rings is 1. The van der Waals surface area contributed by atoms with Crippen molar-refractivity contribution >= 4 is 40.8 Å². The van der Waals surface area contributed by atoms with E-state index in [0.29, 0.717) is 25.1 Å². The SMILES string of the molecule is CCCc1cc(N[C@@H]2CCC(NC(=O)CCCNc3cccc4c3C(=O)N(C3CCC(=O)NC3O)C4=O)C2)n2nccc2n1. The maximum atomic E-state index is 13.3. The molecule has 0 bridgehead atoms. The second-order valence-electron chi connectivity index (χ2n) is 11.8. The van der Waals surface area contributed by atoms with Gasteiger partial charge in [-0.05, 0) is 50.7 Å². The molecule has 232 valence electrons. The van der Waals surface area contributed by atoms with E-state index < -0.39 is 24.1 Å². The number of aryl methyl sites for hydroxylation is 1. The number of aliphatic hydroxyl groups excluding tert-OH is 1. The maximum Gasteiger partial charge on any atom is 0.264 e. The lowest BCUT2D eigenvalue weighted by Gasteiger charge is -2.33. The summed E-state index contributed by atoms with van der Waals surface area (Å²) in [5, 5.41) is 27.1. The Kier molecular flexibility index (Phi) is 8.47. The van der Waals surface area contributed by atoms with E-state index in [2.05, 4.69) is 44.3 Å². The van der Waals surface area contributed by atoms with E-state index in [4.69, 9.17) is 0 Å². The second-order valence-corrected chi connectivity index (χ2v) is 11.8. The zero-order chi connectivity index (χ0) is 30.8. The molecule has 4 heterocycles. The van der Waals surface area contributed by atoms with Crippen molar-refractivity contribution in [3.8, 4) is 0 Å². The fraction of sp³-hybridized carbons (Fsp3) is 0.484. The second kappa shape index (κ2) is 12.6. The summed E-state index contributed by atoms with van der Waals surface area (Å²) in [4.78, 5) is 56.4. The fourth-order valence-electron chi connectivity index (χ4n) is 6.47. The molecule has 1 aromatic carbocycles. The molecule has 3 aromatic rings. The van der Waals surface area contributed by atoms with Crippen LogP contribution in [0.4, 0.5) is 11.5 Å². The average molecular weight is 603 g/mol. The third-order valence-corrected chi connectivity index (χ3v) is 8.58. The van der Waals surface area contributed by atoms with E-state index in [-0.39, 0.29) is 47.9 Å². The number of imide groups is 1. The first-order valence-electron chi connectivity index (χ1n) is 15.4. The van der Waals surface area contributed by atoms with Gasteiger partial charge >= 0.3 is 0 Å². The van der Waals surface area contributed by atoms with E-state index in [9.17, 15) is 24.3 Å². The first kappa shape index (κ1) is 29.5. The normalized spacial score (nSPS) is 23.1. The summed E-state index contributed by atoms with van der Waals surface area (Å²) < 4.78 is 1.82.